The van der Waals surface area contributed by atoms with Gasteiger partial charge in [-0.1, -0.05) is 32.0 Å². The van der Waals surface area contributed by atoms with E-state index in [2.05, 4.69) is 30.3 Å². The molecule has 0 atom stereocenters. The number of rotatable bonds is 8. The van der Waals surface area contributed by atoms with Gasteiger partial charge in [0, 0.05) is 12.7 Å². The average molecular weight is 289 g/mol. The molecule has 0 amide bonds. The molecule has 0 aliphatic carbocycles. The molecule has 1 aromatic heterocycles. The van der Waals surface area contributed by atoms with Crippen molar-refractivity contribution in [2.45, 2.75) is 45.7 Å². The lowest BCUT2D eigenvalue weighted by atomic mass is 10.1. The highest BCUT2D eigenvalue weighted by atomic mass is 19.1. The Morgan fingerprint density at radius 1 is 1.19 bits per heavy atom. The van der Waals surface area contributed by atoms with Crippen molar-refractivity contribution in [2.24, 2.45) is 0 Å². The first-order valence-electron chi connectivity index (χ1n) is 7.72. The van der Waals surface area contributed by atoms with Gasteiger partial charge in [0.1, 0.15) is 5.82 Å². The minimum atomic E-state index is -0.127. The first-order chi connectivity index (χ1) is 10.2. The van der Waals surface area contributed by atoms with E-state index in [1.54, 1.807) is 6.07 Å². The van der Waals surface area contributed by atoms with E-state index in [1.807, 2.05) is 23.0 Å². The van der Waals surface area contributed by atoms with E-state index < -0.39 is 0 Å². The quantitative estimate of drug-likeness (QED) is 0.751. The van der Waals surface area contributed by atoms with Gasteiger partial charge >= 0.3 is 0 Å². The summed E-state index contributed by atoms with van der Waals surface area (Å²) in [6.45, 7) is 5.84. The fraction of sp³-hybridized carbons (Fsp3) is 0.471. The summed E-state index contributed by atoms with van der Waals surface area (Å²) in [5.74, 6) is -0.127. The normalized spacial score (nSPS) is 11.2. The Hall–Kier alpha value is -1.68. The largest absolute Gasteiger partial charge is 0.311 e. The first-order valence-corrected chi connectivity index (χ1v) is 7.72. The van der Waals surface area contributed by atoms with Gasteiger partial charge in [0.15, 0.2) is 0 Å². The molecule has 0 saturated carbocycles. The third-order valence-electron chi connectivity index (χ3n) is 3.82. The topological polar surface area (TPSA) is 29.9 Å². The van der Waals surface area contributed by atoms with Gasteiger partial charge in [-0.05, 0) is 43.5 Å². The number of hydrogen-bond donors (Lipinski definition) is 1. The maximum absolute atomic E-state index is 13.5. The van der Waals surface area contributed by atoms with Gasteiger partial charge in [0.05, 0.1) is 11.7 Å². The SMILES string of the molecule is CCC(CC)n1ccc(CNCCc2ccccc2F)n1. The Balaban J connectivity index is 1.78. The molecule has 0 aliphatic heterocycles. The summed E-state index contributed by atoms with van der Waals surface area (Å²) in [5.41, 5.74) is 1.79. The second-order valence-electron chi connectivity index (χ2n) is 5.28. The lowest BCUT2D eigenvalue weighted by Gasteiger charge is -2.12. The Bertz CT molecular complexity index is 546. The van der Waals surface area contributed by atoms with Crippen LogP contribution in [0.2, 0.25) is 0 Å². The highest BCUT2D eigenvalue weighted by Crippen LogP contribution is 2.14. The predicted octanol–water partition coefficient (Wildman–Crippen LogP) is 3.72. The molecule has 0 saturated heterocycles. The summed E-state index contributed by atoms with van der Waals surface area (Å²) in [5, 5.41) is 7.92. The van der Waals surface area contributed by atoms with Crippen molar-refractivity contribution in [2.75, 3.05) is 6.54 Å². The third kappa shape index (κ3) is 4.39. The van der Waals surface area contributed by atoms with Crippen molar-refractivity contribution in [1.29, 1.82) is 0 Å². The molecule has 0 radical (unpaired) electrons. The summed E-state index contributed by atoms with van der Waals surface area (Å²) in [7, 11) is 0. The molecular formula is C17H24FN3. The molecule has 4 heteroatoms. The summed E-state index contributed by atoms with van der Waals surface area (Å²) in [4.78, 5) is 0. The van der Waals surface area contributed by atoms with Crippen LogP contribution in [-0.4, -0.2) is 16.3 Å². The van der Waals surface area contributed by atoms with Gasteiger partial charge in [-0.15, -0.1) is 0 Å². The van der Waals surface area contributed by atoms with Crippen LogP contribution in [0.5, 0.6) is 0 Å². The van der Waals surface area contributed by atoms with E-state index in [9.17, 15) is 4.39 Å². The molecule has 1 N–H and O–H groups in total. The molecule has 3 nitrogen and oxygen atoms in total. The van der Waals surface area contributed by atoms with Crippen LogP contribution in [0, 0.1) is 5.82 Å². The molecule has 114 valence electrons. The van der Waals surface area contributed by atoms with Crippen LogP contribution < -0.4 is 5.32 Å². The molecule has 0 spiro atoms. The second kappa shape index (κ2) is 7.93. The molecule has 0 unspecified atom stereocenters. The number of halogens is 1. The first kappa shape index (κ1) is 15.7. The zero-order chi connectivity index (χ0) is 15.1. The van der Waals surface area contributed by atoms with Crippen molar-refractivity contribution in [3.63, 3.8) is 0 Å². The molecule has 2 aromatic rings. The number of aromatic nitrogens is 2. The van der Waals surface area contributed by atoms with Crippen LogP contribution in [0.3, 0.4) is 0 Å². The van der Waals surface area contributed by atoms with Crippen LogP contribution in [0.1, 0.15) is 44.0 Å². The number of nitrogens with zero attached hydrogens (tertiary/aromatic N) is 2. The van der Waals surface area contributed by atoms with Gasteiger partial charge in [0.25, 0.3) is 0 Å². The number of nitrogens with one attached hydrogen (secondary N) is 1. The fourth-order valence-electron chi connectivity index (χ4n) is 2.48. The maximum Gasteiger partial charge on any atom is 0.126 e. The summed E-state index contributed by atoms with van der Waals surface area (Å²) >= 11 is 0. The fourth-order valence-corrected chi connectivity index (χ4v) is 2.48. The number of benzene rings is 1. The van der Waals surface area contributed by atoms with E-state index in [0.717, 1.165) is 37.2 Å². The van der Waals surface area contributed by atoms with Crippen LogP contribution in [0.25, 0.3) is 0 Å². The lowest BCUT2D eigenvalue weighted by Crippen LogP contribution is -2.18. The smallest absolute Gasteiger partial charge is 0.126 e. The Morgan fingerprint density at radius 2 is 1.95 bits per heavy atom. The monoisotopic (exact) mass is 289 g/mol. The van der Waals surface area contributed by atoms with Crippen molar-refractivity contribution in [3.05, 3.63) is 53.6 Å². The average Bonchev–Trinajstić information content (AvgIpc) is 2.95. The molecule has 21 heavy (non-hydrogen) atoms. The zero-order valence-corrected chi connectivity index (χ0v) is 12.8. The standard InChI is InChI=1S/C17H24FN3/c1-3-16(4-2)21-12-10-15(20-21)13-19-11-9-14-7-5-6-8-17(14)18/h5-8,10,12,16,19H,3-4,9,11,13H2,1-2H3. The van der Waals surface area contributed by atoms with Crippen LogP contribution >= 0.6 is 0 Å². The molecule has 1 heterocycles. The van der Waals surface area contributed by atoms with Gasteiger partial charge in [0.2, 0.25) is 0 Å². The molecule has 0 bridgehead atoms. The summed E-state index contributed by atoms with van der Waals surface area (Å²) in [6.07, 6.45) is 4.93. The molecular weight excluding hydrogens is 265 g/mol. The predicted molar refractivity (Wildman–Crippen MR) is 83.7 cm³/mol. The van der Waals surface area contributed by atoms with Crippen LogP contribution in [-0.2, 0) is 13.0 Å². The van der Waals surface area contributed by atoms with Crippen LogP contribution in [0.4, 0.5) is 4.39 Å². The second-order valence-corrected chi connectivity index (χ2v) is 5.28. The van der Waals surface area contributed by atoms with Gasteiger partial charge in [-0.3, -0.25) is 4.68 Å². The minimum absolute atomic E-state index is 0.127. The maximum atomic E-state index is 13.5. The summed E-state index contributed by atoms with van der Waals surface area (Å²) in [6, 6.07) is 9.46. The Morgan fingerprint density at radius 3 is 2.67 bits per heavy atom. The zero-order valence-electron chi connectivity index (χ0n) is 12.8. The van der Waals surface area contributed by atoms with Crippen LogP contribution in [0.15, 0.2) is 36.5 Å². The Kier molecular flexibility index (Phi) is 5.93. The highest BCUT2D eigenvalue weighted by Gasteiger charge is 2.07. The van der Waals surface area contributed by atoms with E-state index in [-0.39, 0.29) is 5.82 Å². The minimum Gasteiger partial charge on any atom is -0.311 e. The number of hydrogen-bond acceptors (Lipinski definition) is 2. The third-order valence-corrected chi connectivity index (χ3v) is 3.82. The highest BCUT2D eigenvalue weighted by molar-refractivity contribution is 5.17. The van der Waals surface area contributed by atoms with Gasteiger partial charge < -0.3 is 5.32 Å². The lowest BCUT2D eigenvalue weighted by molar-refractivity contribution is 0.424. The van der Waals surface area contributed by atoms with E-state index >= 15 is 0 Å². The van der Waals surface area contributed by atoms with Crippen molar-refractivity contribution < 1.29 is 4.39 Å². The molecule has 2 rings (SSSR count). The Labute approximate surface area is 126 Å². The van der Waals surface area contributed by atoms with E-state index in [1.165, 1.54) is 6.07 Å². The molecule has 0 fully saturated rings. The van der Waals surface area contributed by atoms with Gasteiger partial charge in [-0.25, -0.2) is 4.39 Å². The van der Waals surface area contributed by atoms with Crippen molar-refractivity contribution >= 4 is 0 Å². The van der Waals surface area contributed by atoms with Crippen molar-refractivity contribution in [1.82, 2.24) is 15.1 Å². The van der Waals surface area contributed by atoms with E-state index in [4.69, 9.17) is 0 Å². The molecule has 0 aliphatic rings. The van der Waals surface area contributed by atoms with Gasteiger partial charge in [-0.2, -0.15) is 5.10 Å². The molecule has 1 aromatic carbocycles. The van der Waals surface area contributed by atoms with E-state index in [0.29, 0.717) is 12.5 Å². The summed E-state index contributed by atoms with van der Waals surface area (Å²) < 4.78 is 15.5. The van der Waals surface area contributed by atoms with Crippen molar-refractivity contribution in [3.8, 4) is 0 Å².